The van der Waals surface area contributed by atoms with Crippen LogP contribution < -0.4 is 0 Å². The maximum Gasteiger partial charge on any atom is 0.308 e. The topological polar surface area (TPSA) is 26.3 Å². The molecule has 0 unspecified atom stereocenters. The van der Waals surface area contributed by atoms with Gasteiger partial charge in [-0.25, -0.2) is 0 Å². The van der Waals surface area contributed by atoms with Crippen LogP contribution in [0.25, 0.3) is 0 Å². The predicted molar refractivity (Wildman–Crippen MR) is 45.3 cm³/mol. The Morgan fingerprint density at radius 3 is 2.27 bits per heavy atom. The minimum atomic E-state index is -0.0683. The van der Waals surface area contributed by atoms with E-state index in [4.69, 9.17) is 4.74 Å². The second-order valence-corrected chi connectivity index (χ2v) is 3.33. The average Bonchev–Trinajstić information content (AvgIpc) is 1.98. The summed E-state index contributed by atoms with van der Waals surface area (Å²) in [6, 6.07) is 0. The van der Waals surface area contributed by atoms with Gasteiger partial charge in [0.25, 0.3) is 0 Å². The highest BCUT2D eigenvalue weighted by Gasteiger charge is 2.11. The average molecular weight is 158 g/mol. The van der Waals surface area contributed by atoms with E-state index in [1.807, 2.05) is 27.7 Å². The molecule has 0 aliphatic heterocycles. The number of ether oxygens (including phenoxy) is 1. The molecular weight excluding hydrogens is 140 g/mol. The number of rotatable bonds is 4. The fraction of sp³-hybridized carbons (Fsp3) is 0.889. The third-order valence-corrected chi connectivity index (χ3v) is 1.57. The Morgan fingerprint density at radius 2 is 1.91 bits per heavy atom. The Labute approximate surface area is 68.9 Å². The molecule has 0 radical (unpaired) electrons. The van der Waals surface area contributed by atoms with Crippen molar-refractivity contribution in [1.29, 1.82) is 0 Å². The van der Waals surface area contributed by atoms with Crippen LogP contribution in [0.1, 0.15) is 34.1 Å². The molecule has 0 saturated heterocycles. The van der Waals surface area contributed by atoms with E-state index in [9.17, 15) is 4.79 Å². The molecule has 0 aromatic rings. The molecule has 0 aliphatic rings. The fourth-order valence-corrected chi connectivity index (χ4v) is 0.558. The number of carbonyl (C=O) groups excluding carboxylic acids is 1. The van der Waals surface area contributed by atoms with Crippen molar-refractivity contribution in [3.8, 4) is 0 Å². The van der Waals surface area contributed by atoms with Crippen LogP contribution in [0.3, 0.4) is 0 Å². The van der Waals surface area contributed by atoms with Gasteiger partial charge in [0.2, 0.25) is 0 Å². The molecule has 66 valence electrons. The van der Waals surface area contributed by atoms with E-state index in [0.717, 1.165) is 6.42 Å². The molecule has 0 amide bonds. The van der Waals surface area contributed by atoms with Gasteiger partial charge in [-0.3, -0.25) is 4.79 Å². The number of esters is 1. The molecule has 0 rings (SSSR count). The molecule has 0 spiro atoms. The first-order valence-electron chi connectivity index (χ1n) is 4.24. The lowest BCUT2D eigenvalue weighted by atomic mass is 10.1. The zero-order valence-electron chi connectivity index (χ0n) is 7.89. The number of hydrogen-bond donors (Lipinski definition) is 0. The van der Waals surface area contributed by atoms with Crippen molar-refractivity contribution in [2.24, 2.45) is 11.8 Å². The van der Waals surface area contributed by atoms with Crippen LogP contribution in [0.5, 0.6) is 0 Å². The number of hydrogen-bond acceptors (Lipinski definition) is 2. The maximum atomic E-state index is 11.1. The van der Waals surface area contributed by atoms with Crippen molar-refractivity contribution >= 4 is 5.97 Å². The lowest BCUT2D eigenvalue weighted by molar-refractivity contribution is -0.149. The van der Waals surface area contributed by atoms with Crippen molar-refractivity contribution < 1.29 is 9.53 Å². The second-order valence-electron chi connectivity index (χ2n) is 3.33. The highest BCUT2D eigenvalue weighted by atomic mass is 16.5. The van der Waals surface area contributed by atoms with Crippen molar-refractivity contribution in [3.63, 3.8) is 0 Å². The van der Waals surface area contributed by atoms with Gasteiger partial charge in [-0.15, -0.1) is 0 Å². The molecule has 2 nitrogen and oxygen atoms in total. The maximum absolute atomic E-state index is 11.1. The van der Waals surface area contributed by atoms with Gasteiger partial charge in [-0.05, 0) is 12.3 Å². The molecular formula is C9H18O2. The summed E-state index contributed by atoms with van der Waals surface area (Å²) in [5, 5.41) is 0. The molecule has 0 aromatic carbocycles. The van der Waals surface area contributed by atoms with E-state index in [0.29, 0.717) is 12.5 Å². The van der Waals surface area contributed by atoms with Crippen LogP contribution in [0.2, 0.25) is 0 Å². The molecule has 2 heteroatoms. The van der Waals surface area contributed by atoms with Crippen molar-refractivity contribution in [1.82, 2.24) is 0 Å². The summed E-state index contributed by atoms with van der Waals surface area (Å²) in [6.45, 7) is 8.49. The van der Waals surface area contributed by atoms with Crippen LogP contribution in [0.15, 0.2) is 0 Å². The van der Waals surface area contributed by atoms with Gasteiger partial charge in [0.05, 0.1) is 12.5 Å². The second kappa shape index (κ2) is 5.16. The minimum absolute atomic E-state index is 0.0498. The fourth-order valence-electron chi connectivity index (χ4n) is 0.558. The van der Waals surface area contributed by atoms with Gasteiger partial charge in [0.15, 0.2) is 0 Å². The quantitative estimate of drug-likeness (QED) is 0.586. The first kappa shape index (κ1) is 10.5. The van der Waals surface area contributed by atoms with Crippen LogP contribution in [-0.2, 0) is 9.53 Å². The summed E-state index contributed by atoms with van der Waals surface area (Å²) < 4.78 is 5.02. The lowest BCUT2D eigenvalue weighted by Gasteiger charge is -2.10. The summed E-state index contributed by atoms with van der Waals surface area (Å²) in [5.74, 6) is 0.415. The van der Waals surface area contributed by atoms with E-state index in [2.05, 4.69) is 0 Å². The highest BCUT2D eigenvalue weighted by molar-refractivity contribution is 5.71. The Hall–Kier alpha value is -0.530. The molecule has 11 heavy (non-hydrogen) atoms. The monoisotopic (exact) mass is 158 g/mol. The van der Waals surface area contributed by atoms with Crippen LogP contribution in [0.4, 0.5) is 0 Å². The van der Waals surface area contributed by atoms with Crippen LogP contribution in [-0.4, -0.2) is 12.6 Å². The molecule has 0 saturated carbocycles. The molecule has 0 aliphatic carbocycles. The normalized spacial score (nSPS) is 13.2. The smallest absolute Gasteiger partial charge is 0.308 e. The highest BCUT2D eigenvalue weighted by Crippen LogP contribution is 2.04. The van der Waals surface area contributed by atoms with Gasteiger partial charge in [-0.2, -0.15) is 0 Å². The van der Waals surface area contributed by atoms with Crippen LogP contribution in [0, 0.1) is 11.8 Å². The van der Waals surface area contributed by atoms with Crippen LogP contribution >= 0.6 is 0 Å². The SMILES string of the molecule is CC[C@H](C)C(=O)OCC(C)C. The largest absolute Gasteiger partial charge is 0.465 e. The predicted octanol–water partition coefficient (Wildman–Crippen LogP) is 2.23. The third kappa shape index (κ3) is 4.82. The Bertz CT molecular complexity index is 119. The summed E-state index contributed by atoms with van der Waals surface area (Å²) in [5.41, 5.74) is 0. The molecule has 0 fully saturated rings. The van der Waals surface area contributed by atoms with E-state index in [1.165, 1.54) is 0 Å². The molecule has 0 aromatic heterocycles. The van der Waals surface area contributed by atoms with Crippen molar-refractivity contribution in [3.05, 3.63) is 0 Å². The van der Waals surface area contributed by atoms with Gasteiger partial charge in [0.1, 0.15) is 0 Å². The van der Waals surface area contributed by atoms with Crippen molar-refractivity contribution in [2.75, 3.05) is 6.61 Å². The lowest BCUT2D eigenvalue weighted by Crippen LogP contribution is -2.16. The minimum Gasteiger partial charge on any atom is -0.465 e. The zero-order chi connectivity index (χ0) is 8.85. The van der Waals surface area contributed by atoms with Gasteiger partial charge >= 0.3 is 5.97 Å². The summed E-state index contributed by atoms with van der Waals surface area (Å²) in [4.78, 5) is 11.1. The van der Waals surface area contributed by atoms with E-state index in [1.54, 1.807) is 0 Å². The van der Waals surface area contributed by atoms with Gasteiger partial charge in [-0.1, -0.05) is 27.7 Å². The molecule has 1 atom stereocenters. The Kier molecular flexibility index (Phi) is 4.92. The summed E-state index contributed by atoms with van der Waals surface area (Å²) in [6.07, 6.45) is 0.858. The van der Waals surface area contributed by atoms with E-state index in [-0.39, 0.29) is 11.9 Å². The van der Waals surface area contributed by atoms with E-state index < -0.39 is 0 Å². The van der Waals surface area contributed by atoms with Gasteiger partial charge < -0.3 is 4.74 Å². The molecule has 0 bridgehead atoms. The third-order valence-electron chi connectivity index (χ3n) is 1.57. The Balaban J connectivity index is 3.52. The Morgan fingerprint density at radius 1 is 1.36 bits per heavy atom. The summed E-state index contributed by atoms with van der Waals surface area (Å²) in [7, 11) is 0. The zero-order valence-corrected chi connectivity index (χ0v) is 7.89. The van der Waals surface area contributed by atoms with Gasteiger partial charge in [0, 0.05) is 0 Å². The molecule has 0 N–H and O–H groups in total. The van der Waals surface area contributed by atoms with Crippen molar-refractivity contribution in [2.45, 2.75) is 34.1 Å². The standard InChI is InChI=1S/C9H18O2/c1-5-8(4)9(10)11-6-7(2)3/h7-8H,5-6H2,1-4H3/t8-/m0/s1. The number of carbonyl (C=O) groups is 1. The van der Waals surface area contributed by atoms with E-state index >= 15 is 0 Å². The molecule has 0 heterocycles. The first-order valence-corrected chi connectivity index (χ1v) is 4.24. The first-order chi connectivity index (χ1) is 5.07. The summed E-state index contributed by atoms with van der Waals surface area (Å²) >= 11 is 0.